The molecule has 1 N–H and O–H groups in total. The summed E-state index contributed by atoms with van der Waals surface area (Å²) < 4.78 is 24.1. The first-order chi connectivity index (χ1) is 13.0. The van der Waals surface area contributed by atoms with Crippen LogP contribution in [0.25, 0.3) is 0 Å². The van der Waals surface area contributed by atoms with Gasteiger partial charge >= 0.3 is 0 Å². The molecule has 1 aromatic carbocycles. The van der Waals surface area contributed by atoms with Gasteiger partial charge in [0.1, 0.15) is 17.3 Å². The molecule has 0 saturated carbocycles. The Morgan fingerprint density at radius 2 is 2.11 bits per heavy atom. The summed E-state index contributed by atoms with van der Waals surface area (Å²) in [4.78, 5) is 16.7. The minimum absolute atomic E-state index is 0.162. The molecule has 7 heteroatoms. The van der Waals surface area contributed by atoms with Crippen LogP contribution < -0.4 is 10.1 Å². The highest BCUT2D eigenvalue weighted by Gasteiger charge is 2.23. The van der Waals surface area contributed by atoms with E-state index in [1.807, 2.05) is 6.92 Å². The predicted molar refractivity (Wildman–Crippen MR) is 96.9 cm³/mol. The van der Waals surface area contributed by atoms with Gasteiger partial charge in [-0.15, -0.1) is 0 Å². The Balaban J connectivity index is 1.70. The molecule has 1 unspecified atom stereocenters. The molecule has 0 saturated heterocycles. The molecule has 1 atom stereocenters. The molecular weight excluding hydrogens is 349 g/mol. The summed E-state index contributed by atoms with van der Waals surface area (Å²) in [6.45, 7) is 5.62. The fraction of sp³-hybridized carbons (Fsp3) is 0.250. The van der Waals surface area contributed by atoms with Crippen molar-refractivity contribution in [1.82, 2.24) is 15.5 Å². The number of pyridine rings is 1. The van der Waals surface area contributed by atoms with E-state index in [4.69, 9.17) is 9.26 Å². The Kier molecular flexibility index (Phi) is 5.49. The van der Waals surface area contributed by atoms with E-state index in [-0.39, 0.29) is 12.5 Å². The van der Waals surface area contributed by atoms with Crippen LogP contribution in [0, 0.1) is 19.7 Å². The van der Waals surface area contributed by atoms with Gasteiger partial charge < -0.3 is 14.6 Å². The first-order valence-corrected chi connectivity index (χ1v) is 8.53. The van der Waals surface area contributed by atoms with E-state index < -0.39 is 11.7 Å². The van der Waals surface area contributed by atoms with E-state index in [2.05, 4.69) is 15.5 Å². The first-order valence-electron chi connectivity index (χ1n) is 8.53. The molecule has 140 valence electrons. The summed E-state index contributed by atoms with van der Waals surface area (Å²) in [5.74, 6) is 0.322. The number of halogens is 1. The molecule has 2 heterocycles. The van der Waals surface area contributed by atoms with Crippen molar-refractivity contribution in [2.45, 2.75) is 33.2 Å². The SMILES string of the molecule is Cc1noc(C)c1C(C)C(=O)NCc1cccnc1Oc1cccc(F)c1. The van der Waals surface area contributed by atoms with Gasteiger partial charge in [-0.25, -0.2) is 9.37 Å². The molecule has 0 fully saturated rings. The molecule has 0 aliphatic rings. The standard InChI is InChI=1S/C20H20FN3O3/c1-12(18-13(2)24-27-14(18)3)19(25)23-11-15-6-5-9-22-20(15)26-17-8-4-7-16(21)10-17/h4-10,12H,11H2,1-3H3,(H,23,25). The number of benzene rings is 1. The third-order valence-electron chi connectivity index (χ3n) is 4.23. The molecule has 3 rings (SSSR count). The zero-order valence-electron chi connectivity index (χ0n) is 15.3. The van der Waals surface area contributed by atoms with Gasteiger partial charge in [-0.05, 0) is 39.0 Å². The van der Waals surface area contributed by atoms with Crippen LogP contribution in [0.5, 0.6) is 11.6 Å². The van der Waals surface area contributed by atoms with Crippen LogP contribution in [0.4, 0.5) is 4.39 Å². The lowest BCUT2D eigenvalue weighted by molar-refractivity contribution is -0.122. The van der Waals surface area contributed by atoms with E-state index in [0.29, 0.717) is 28.6 Å². The highest BCUT2D eigenvalue weighted by molar-refractivity contribution is 5.83. The number of rotatable bonds is 6. The van der Waals surface area contributed by atoms with Gasteiger partial charge in [0, 0.05) is 29.9 Å². The molecule has 6 nitrogen and oxygen atoms in total. The minimum Gasteiger partial charge on any atom is -0.439 e. The molecular formula is C20H20FN3O3. The summed E-state index contributed by atoms with van der Waals surface area (Å²) in [5.41, 5.74) is 2.17. The number of aromatic nitrogens is 2. The molecule has 27 heavy (non-hydrogen) atoms. The molecule has 1 amide bonds. The third kappa shape index (κ3) is 4.31. The third-order valence-corrected chi connectivity index (χ3v) is 4.23. The van der Waals surface area contributed by atoms with Crippen LogP contribution in [0.15, 0.2) is 47.1 Å². The number of carbonyl (C=O) groups excluding carboxylic acids is 1. The highest BCUT2D eigenvalue weighted by atomic mass is 19.1. The Morgan fingerprint density at radius 3 is 2.81 bits per heavy atom. The Bertz CT molecular complexity index is 936. The van der Waals surface area contributed by atoms with Crippen molar-refractivity contribution in [3.05, 3.63) is 71.0 Å². The Morgan fingerprint density at radius 1 is 1.30 bits per heavy atom. The van der Waals surface area contributed by atoms with Crippen molar-refractivity contribution in [3.63, 3.8) is 0 Å². The number of hydrogen-bond acceptors (Lipinski definition) is 5. The van der Waals surface area contributed by atoms with Crippen LogP contribution in [0.1, 0.15) is 35.4 Å². The lowest BCUT2D eigenvalue weighted by Gasteiger charge is -2.14. The maximum Gasteiger partial charge on any atom is 0.227 e. The van der Waals surface area contributed by atoms with Crippen LogP contribution in [0.2, 0.25) is 0 Å². The summed E-state index contributed by atoms with van der Waals surface area (Å²) in [6, 6.07) is 9.35. The zero-order chi connectivity index (χ0) is 19.4. The Hall–Kier alpha value is -3.22. The van der Waals surface area contributed by atoms with Crippen molar-refractivity contribution in [1.29, 1.82) is 0 Å². The molecule has 0 bridgehead atoms. The fourth-order valence-corrected chi connectivity index (χ4v) is 2.87. The van der Waals surface area contributed by atoms with Crippen LogP contribution >= 0.6 is 0 Å². The van der Waals surface area contributed by atoms with E-state index in [0.717, 1.165) is 5.56 Å². The van der Waals surface area contributed by atoms with Crippen LogP contribution in [-0.4, -0.2) is 16.0 Å². The second kappa shape index (κ2) is 7.99. The summed E-state index contributed by atoms with van der Waals surface area (Å²) in [7, 11) is 0. The summed E-state index contributed by atoms with van der Waals surface area (Å²) in [6.07, 6.45) is 1.58. The normalized spacial score (nSPS) is 11.9. The second-order valence-electron chi connectivity index (χ2n) is 6.20. The number of nitrogens with one attached hydrogen (secondary N) is 1. The average Bonchev–Trinajstić information content (AvgIpc) is 2.98. The van der Waals surface area contributed by atoms with Gasteiger partial charge in [0.05, 0.1) is 11.6 Å². The fourth-order valence-electron chi connectivity index (χ4n) is 2.87. The number of amides is 1. The summed E-state index contributed by atoms with van der Waals surface area (Å²) in [5, 5.41) is 6.77. The second-order valence-corrected chi connectivity index (χ2v) is 6.20. The zero-order valence-corrected chi connectivity index (χ0v) is 15.3. The topological polar surface area (TPSA) is 77.3 Å². The van der Waals surface area contributed by atoms with E-state index >= 15 is 0 Å². The van der Waals surface area contributed by atoms with Gasteiger partial charge in [-0.2, -0.15) is 0 Å². The largest absolute Gasteiger partial charge is 0.439 e. The van der Waals surface area contributed by atoms with Crippen molar-refractivity contribution >= 4 is 5.91 Å². The van der Waals surface area contributed by atoms with E-state index in [9.17, 15) is 9.18 Å². The lowest BCUT2D eigenvalue weighted by atomic mass is 9.98. The van der Waals surface area contributed by atoms with Gasteiger partial charge in [-0.1, -0.05) is 17.3 Å². The van der Waals surface area contributed by atoms with Crippen LogP contribution in [-0.2, 0) is 11.3 Å². The van der Waals surface area contributed by atoms with Gasteiger partial charge in [-0.3, -0.25) is 4.79 Å². The number of ether oxygens (including phenoxy) is 1. The van der Waals surface area contributed by atoms with E-state index in [1.165, 1.54) is 12.1 Å². The van der Waals surface area contributed by atoms with Gasteiger partial charge in [0.2, 0.25) is 11.8 Å². The molecule has 0 radical (unpaired) electrons. The number of carbonyl (C=O) groups is 1. The first kappa shape index (κ1) is 18.6. The smallest absolute Gasteiger partial charge is 0.227 e. The monoisotopic (exact) mass is 369 g/mol. The maximum absolute atomic E-state index is 13.3. The van der Waals surface area contributed by atoms with Gasteiger partial charge in [0.15, 0.2) is 0 Å². The predicted octanol–water partition coefficient (Wildman–Crippen LogP) is 4.04. The molecule has 0 aliphatic carbocycles. The minimum atomic E-state index is -0.402. The highest BCUT2D eigenvalue weighted by Crippen LogP contribution is 2.25. The Labute approximate surface area is 156 Å². The van der Waals surface area contributed by atoms with Crippen molar-refractivity contribution in [2.24, 2.45) is 0 Å². The maximum atomic E-state index is 13.3. The summed E-state index contributed by atoms with van der Waals surface area (Å²) >= 11 is 0. The molecule has 2 aromatic heterocycles. The number of aryl methyl sites for hydroxylation is 2. The number of nitrogens with zero attached hydrogens (tertiary/aromatic N) is 2. The average molecular weight is 369 g/mol. The molecule has 3 aromatic rings. The van der Waals surface area contributed by atoms with Crippen molar-refractivity contribution < 1.29 is 18.4 Å². The van der Waals surface area contributed by atoms with Crippen LogP contribution in [0.3, 0.4) is 0 Å². The van der Waals surface area contributed by atoms with E-state index in [1.54, 1.807) is 44.3 Å². The quantitative estimate of drug-likeness (QED) is 0.710. The van der Waals surface area contributed by atoms with Gasteiger partial charge in [0.25, 0.3) is 0 Å². The lowest BCUT2D eigenvalue weighted by Crippen LogP contribution is -2.28. The number of hydrogen-bond donors (Lipinski definition) is 1. The van der Waals surface area contributed by atoms with Crippen molar-refractivity contribution in [3.8, 4) is 11.6 Å². The molecule has 0 spiro atoms. The molecule has 0 aliphatic heterocycles. The van der Waals surface area contributed by atoms with Crippen molar-refractivity contribution in [2.75, 3.05) is 0 Å².